The van der Waals surface area contributed by atoms with Crippen LogP contribution in [0.1, 0.15) is 115 Å². The summed E-state index contributed by atoms with van der Waals surface area (Å²) in [6.07, 6.45) is 12.3. The first-order valence-corrected chi connectivity index (χ1v) is 31.9. The highest BCUT2D eigenvalue weighted by atomic mass is 32.1. The first-order valence-electron chi connectivity index (χ1n) is 31.1. The zero-order valence-electron chi connectivity index (χ0n) is 51.4. The summed E-state index contributed by atoms with van der Waals surface area (Å²) in [5.74, 6) is 4.97. The number of amides is 2. The molecular weight excluding hydrogens is 1170 g/mol. The van der Waals surface area contributed by atoms with Crippen LogP contribution in [-0.4, -0.2) is 150 Å². The Bertz CT molecular complexity index is 3660. The lowest BCUT2D eigenvalue weighted by molar-refractivity contribution is -0.137. The van der Waals surface area contributed by atoms with Gasteiger partial charge in [-0.15, -0.1) is 11.3 Å². The van der Waals surface area contributed by atoms with E-state index in [0.29, 0.717) is 69.3 Å². The van der Waals surface area contributed by atoms with E-state index in [4.69, 9.17) is 21.3 Å². The fourth-order valence-corrected chi connectivity index (χ4v) is 15.2. The van der Waals surface area contributed by atoms with E-state index in [1.165, 1.54) is 55.4 Å². The number of piperidine rings is 1. The molecule has 4 saturated heterocycles. The normalized spacial score (nSPS) is 22.2. The van der Waals surface area contributed by atoms with Crippen LogP contribution in [0, 0.1) is 30.1 Å². The van der Waals surface area contributed by atoms with E-state index in [1.54, 1.807) is 17.4 Å². The van der Waals surface area contributed by atoms with Crippen molar-refractivity contribution in [1.29, 1.82) is 0 Å². The average Bonchev–Trinajstić information content (AvgIpc) is 1.67. The van der Waals surface area contributed by atoms with E-state index in [2.05, 4.69) is 66.5 Å². The van der Waals surface area contributed by atoms with Gasteiger partial charge >= 0.3 is 12.2 Å². The van der Waals surface area contributed by atoms with Crippen molar-refractivity contribution in [2.24, 2.45) is 34.7 Å². The summed E-state index contributed by atoms with van der Waals surface area (Å²) in [6.45, 7) is 15.2. The van der Waals surface area contributed by atoms with E-state index < -0.39 is 29.7 Å². The number of aromatic amines is 1. The highest BCUT2D eigenvalue weighted by Gasteiger charge is 2.57. The number of alkyl halides is 5. The van der Waals surface area contributed by atoms with Gasteiger partial charge in [0.25, 0.3) is 5.92 Å². The van der Waals surface area contributed by atoms with Gasteiger partial charge in [-0.3, -0.25) is 24.4 Å². The number of nitrogens with zero attached hydrogens (tertiary/aromatic N) is 10. The molecule has 89 heavy (non-hydrogen) atoms. The standard InChI is InChI=1S/C25H22F3N7OS.C20H36F2N4.C19H24N4O3/c1-11-7-16-15(8-30-34-16)17(19(11)25(26,27)28)20-21-14(5-6-29-20)18-22(32-24(36-2)33-23(18)37-21)35-9-12-3-4-13(10-35)31-12;1-14(2)15(3)26(24)13-18(23)8-16-9-19(10-16)4-6-25(7-5-19)12-17-11-20(17,21)22;1-2-23-17(9-10-20-23)15-7-5-14(6-8-15)16(12-24)21-19(26)18-4-3-11-22(18)13-25/h5-8,12-13,31H,3-4,9-10H2,1-2H3,(H,30,34);13-17H,4-12,23-24H2,1-3H3;5-10,13,16,18,24H,2-4,11-12H2,1H3,(H,21,26)/b;18-13-;. The lowest BCUT2D eigenvalue weighted by Gasteiger charge is -2.52. The molecule has 25 heteroatoms. The summed E-state index contributed by atoms with van der Waals surface area (Å²) in [6, 6.07) is 13.3. The maximum absolute atomic E-state index is 14.4. The van der Waals surface area contributed by atoms with Crippen LogP contribution in [-0.2, 0) is 22.3 Å². The largest absolute Gasteiger partial charge is 0.467 e. The number of aliphatic hydroxyl groups excluding tert-OH is 1. The predicted molar refractivity (Wildman–Crippen MR) is 334 cm³/mol. The number of H-pyrrole nitrogens is 1. The summed E-state index contributed by atoms with van der Waals surface area (Å²) >= 11 is 1.31. The third kappa shape index (κ3) is 13.5. The van der Waals surface area contributed by atoms with Gasteiger partial charge in [-0.25, -0.2) is 14.6 Å². The van der Waals surface area contributed by atoms with Crippen LogP contribution >= 0.6 is 11.3 Å². The molecule has 6 aliphatic rings. The lowest BCUT2D eigenvalue weighted by atomic mass is 9.56. The maximum Gasteiger partial charge on any atom is 0.417 e. The number of aliphatic hydroxyl groups is 1. The van der Waals surface area contributed by atoms with E-state index in [9.17, 15) is 36.6 Å². The molecule has 19 nitrogen and oxygen atoms in total. The number of rotatable bonds is 17. The maximum atomic E-state index is 14.4. The first kappa shape index (κ1) is 63.5. The number of anilines is 1. The Hall–Kier alpha value is -7.06. The number of fused-ring (bicyclic) bond motifs is 6. The van der Waals surface area contributed by atoms with Gasteiger partial charge in [0.15, 0.2) is 0 Å². The van der Waals surface area contributed by atoms with Crippen LogP contribution in [0.2, 0.25) is 0 Å². The molecule has 478 valence electrons. The number of hydrogen-bond acceptors (Lipinski definition) is 16. The Morgan fingerprint density at radius 3 is 2.36 bits per heavy atom. The van der Waals surface area contributed by atoms with Crippen molar-refractivity contribution in [3.05, 3.63) is 89.6 Å². The molecular formula is C64H82F5N15O4S. The van der Waals surface area contributed by atoms with E-state index >= 15 is 0 Å². The van der Waals surface area contributed by atoms with Crippen molar-refractivity contribution in [3.63, 3.8) is 0 Å². The Morgan fingerprint density at radius 1 is 1.00 bits per heavy atom. The van der Waals surface area contributed by atoms with Gasteiger partial charge in [0.2, 0.25) is 12.3 Å². The van der Waals surface area contributed by atoms with E-state index in [0.717, 1.165) is 117 Å². The van der Waals surface area contributed by atoms with Gasteiger partial charge in [0, 0.05) is 104 Å². The Kier molecular flexibility index (Phi) is 18.6. The molecule has 5 aromatic heterocycles. The minimum atomic E-state index is -4.57. The first-order chi connectivity index (χ1) is 42.6. The second kappa shape index (κ2) is 26.0. The molecule has 2 aromatic carbocycles. The zero-order valence-corrected chi connectivity index (χ0v) is 52.2. The van der Waals surface area contributed by atoms with Crippen LogP contribution < -0.4 is 31.8 Å². The van der Waals surface area contributed by atoms with Gasteiger partial charge in [0.05, 0.1) is 58.5 Å². The molecule has 1 spiro atoms. The zero-order chi connectivity index (χ0) is 63.1. The predicted octanol–water partition coefficient (Wildman–Crippen LogP) is 9.94. The number of piperazine rings is 1. The number of thiophene rings is 1. The molecule has 2 aliphatic carbocycles. The van der Waals surface area contributed by atoms with Crippen LogP contribution in [0.5, 0.6) is 6.01 Å². The number of allylic oxidation sites excluding steroid dienone is 1. The average molecular weight is 1250 g/mol. The summed E-state index contributed by atoms with van der Waals surface area (Å²) in [7, 11) is 1.52. The molecule has 6 fully saturated rings. The van der Waals surface area contributed by atoms with Crippen molar-refractivity contribution in [3.8, 4) is 28.5 Å². The van der Waals surface area contributed by atoms with Gasteiger partial charge in [-0.2, -0.15) is 33.3 Å². The number of carbonyl (C=O) groups excluding carboxylic acids is 2. The molecule has 13 rings (SSSR count). The topological polar surface area (TPSA) is 238 Å². The molecule has 6 unspecified atom stereocenters. The molecule has 2 saturated carbocycles. The van der Waals surface area contributed by atoms with Crippen molar-refractivity contribution >= 4 is 60.7 Å². The molecule has 0 radical (unpaired) electrons. The Morgan fingerprint density at radius 2 is 1.72 bits per heavy atom. The molecule has 7 aromatic rings. The fourth-order valence-electron chi connectivity index (χ4n) is 14.0. The lowest BCUT2D eigenvalue weighted by Crippen LogP contribution is -2.51. The fraction of sp³-hybridized carbons (Fsp3) is 0.547. The van der Waals surface area contributed by atoms with Crippen LogP contribution in [0.3, 0.4) is 0 Å². The highest BCUT2D eigenvalue weighted by molar-refractivity contribution is 7.26. The molecule has 2 bridgehead atoms. The van der Waals surface area contributed by atoms with Crippen LogP contribution in [0.15, 0.2) is 73.0 Å². The molecule has 8 N–H and O–H groups in total. The molecule has 9 heterocycles. The number of pyridine rings is 1. The summed E-state index contributed by atoms with van der Waals surface area (Å²) in [5, 5.41) is 31.0. The van der Waals surface area contributed by atoms with Gasteiger partial charge in [0.1, 0.15) is 16.7 Å². The molecule has 4 aliphatic heterocycles. The van der Waals surface area contributed by atoms with Gasteiger partial charge < -0.3 is 45.9 Å². The minimum absolute atomic E-state index is 0.0232. The van der Waals surface area contributed by atoms with E-state index in [1.807, 2.05) is 54.2 Å². The number of hydrogen-bond donors (Lipinski definition) is 6. The monoisotopic (exact) mass is 1250 g/mol. The number of aryl methyl sites for hydroxylation is 2. The number of nitrogens with one attached hydrogen (secondary N) is 3. The van der Waals surface area contributed by atoms with Crippen molar-refractivity contribution in [1.82, 2.24) is 60.4 Å². The van der Waals surface area contributed by atoms with Crippen LogP contribution in [0.25, 0.3) is 53.7 Å². The van der Waals surface area contributed by atoms with Gasteiger partial charge in [-0.05, 0) is 144 Å². The number of benzene rings is 2. The quantitative estimate of drug-likeness (QED) is 0.0215. The number of carbonyl (C=O) groups is 2. The summed E-state index contributed by atoms with van der Waals surface area (Å²) < 4.78 is 77.4. The second-order valence-electron chi connectivity index (χ2n) is 25.6. The number of hydrazine groups is 1. The Labute approximate surface area is 518 Å². The molecule has 6 atom stereocenters. The number of nitrogens with two attached hydrogens (primary N) is 2. The highest BCUT2D eigenvalue weighted by Crippen LogP contribution is 2.56. The van der Waals surface area contributed by atoms with Crippen molar-refractivity contribution in [2.45, 2.75) is 148 Å². The second-order valence-corrected chi connectivity index (χ2v) is 26.6. The summed E-state index contributed by atoms with van der Waals surface area (Å²) in [4.78, 5) is 44.0. The number of likely N-dealkylation sites (tertiary alicyclic amines) is 2. The van der Waals surface area contributed by atoms with Gasteiger partial charge in [-0.1, -0.05) is 38.1 Å². The third-order valence-corrected chi connectivity index (χ3v) is 20.4. The number of methoxy groups -OCH3 is 1. The smallest absolute Gasteiger partial charge is 0.417 e. The molecule has 2 amide bonds. The number of halogens is 5. The third-order valence-electron chi connectivity index (χ3n) is 19.3. The van der Waals surface area contributed by atoms with E-state index in [-0.39, 0.29) is 53.7 Å². The Balaban J connectivity index is 0.000000142. The number of ether oxygens (including phenoxy) is 1. The minimum Gasteiger partial charge on any atom is -0.467 e. The van der Waals surface area contributed by atoms with Crippen LogP contribution in [0.4, 0.5) is 27.8 Å². The number of aromatic nitrogens is 7. The summed E-state index contributed by atoms with van der Waals surface area (Å²) in [5.41, 5.74) is 10.6. The van der Waals surface area contributed by atoms with Crippen molar-refractivity contribution < 1.29 is 41.4 Å². The SMILES string of the molecule is CC(C)C(C)N(N)/C=C(\N)CC1CC2(CCN(CC3CC3(F)F)CC2)C1.CCn1nccc1-c1ccc(C(CO)NC(=O)C2CCCN2C=O)cc1.COc1nc(N2CC3CCC(C2)N3)c2c(n1)sc1c(-c3c(C(F)(F)F)c(C)cc4[nH]ncc34)nccc12. The van der Waals surface area contributed by atoms with Crippen molar-refractivity contribution in [2.75, 3.05) is 57.9 Å².